The Bertz CT molecular complexity index is 2800. The van der Waals surface area contributed by atoms with E-state index in [-0.39, 0.29) is 38.5 Å². The van der Waals surface area contributed by atoms with Crippen molar-refractivity contribution in [3.63, 3.8) is 0 Å². The number of hydrogen-bond acceptors (Lipinski definition) is 21. The maximum Gasteiger partial charge on any atom is 0.470 e. The quantitative estimate of drug-likeness (QED) is 0.00898. The van der Waals surface area contributed by atoms with E-state index in [1.165, 1.54) is 64.2 Å². The van der Waals surface area contributed by atoms with E-state index in [0.29, 0.717) is 38.5 Å². The number of rotatable bonds is 85. The number of hydrogen-bond donors (Lipinski definition) is 9. The highest BCUT2D eigenvalue weighted by atomic mass is 31.2. The van der Waals surface area contributed by atoms with E-state index in [4.69, 9.17) is 42.2 Å². The fourth-order valence-corrected chi connectivity index (χ4v) is 17.8. The van der Waals surface area contributed by atoms with Crippen LogP contribution in [0.15, 0.2) is 12.2 Å². The average Bonchev–Trinajstić information content (AvgIpc) is 0.778. The lowest BCUT2D eigenvalue weighted by atomic mass is 9.95. The van der Waals surface area contributed by atoms with Crippen LogP contribution in [-0.4, -0.2) is 176 Å². The van der Waals surface area contributed by atoms with Crippen molar-refractivity contribution >= 4 is 51.1 Å². The number of esters is 4. The Kier molecular flexibility index (Phi) is 72.5. The van der Waals surface area contributed by atoms with E-state index in [2.05, 4.69) is 64.3 Å². The van der Waals surface area contributed by atoms with Crippen molar-refractivity contribution in [2.45, 2.75) is 551 Å². The Morgan fingerprint density at radius 1 is 0.368 bits per heavy atom. The van der Waals surface area contributed by atoms with Gasteiger partial charge in [-0.05, 0) is 77.0 Å². The number of phosphoric acid groups is 1. The summed E-state index contributed by atoms with van der Waals surface area (Å²) in [4.78, 5) is 119. The number of ether oxygens (including phenoxy) is 7. The number of aliphatic hydroxyl groups is 4. The van der Waals surface area contributed by atoms with Gasteiger partial charge in [0.05, 0.1) is 51.1 Å². The summed E-state index contributed by atoms with van der Waals surface area (Å²) in [6.45, 7) is 11.9. The summed E-state index contributed by atoms with van der Waals surface area (Å²) < 4.78 is 81.5. The molecule has 15 atom stereocenters. The van der Waals surface area contributed by atoms with Gasteiger partial charge in [0.25, 0.3) is 0 Å². The lowest BCUT2D eigenvalue weighted by molar-refractivity contribution is -0.296. The number of allylic oxidation sites excluding steroid dienone is 2. The highest BCUT2D eigenvalue weighted by molar-refractivity contribution is 7.51. The zero-order chi connectivity index (χ0) is 91.8. The Morgan fingerprint density at radius 2 is 0.688 bits per heavy atom. The summed E-state index contributed by atoms with van der Waals surface area (Å²) >= 11 is 0. The van der Waals surface area contributed by atoms with Gasteiger partial charge in [-0.3, -0.25) is 42.4 Å². The van der Waals surface area contributed by atoms with Crippen LogP contribution >= 0.6 is 15.4 Å². The summed E-state index contributed by atoms with van der Waals surface area (Å²) in [5, 5.41) is 51.8. The smallest absolute Gasteiger partial charge is 0.462 e. The number of carbonyl (C=O) groups is 6. The van der Waals surface area contributed by atoms with Crippen LogP contribution in [0.2, 0.25) is 0 Å². The van der Waals surface area contributed by atoms with Crippen LogP contribution in [0.1, 0.15) is 465 Å². The molecule has 2 fully saturated rings. The highest BCUT2D eigenvalue weighted by Crippen LogP contribution is 2.44. The SMILES string of the molecule is CCCCCC/C=C\CCCCCCCC(=O)O[C@H](CCCCCCCCCCC)CC(=O)NC1C(OCC2OC(OP(C)(=O)O)C(NC(=O)C[C@H](O)CCCCCCCCCCC)C(OC(=O)C[C@H](O)CCCCCCCCCCC)C2O)OC(CO)C(OP(=O)(O)O)C1OC(=O)C[C@@H](CCCCCCCCCCC)OC(=O)CCCCCCCCCCC. The van der Waals surface area contributed by atoms with E-state index in [0.717, 1.165) is 263 Å². The summed E-state index contributed by atoms with van der Waals surface area (Å²) in [7, 11) is -10.4. The molecule has 2 aliphatic heterocycles. The molecule has 125 heavy (non-hydrogen) atoms. The predicted octanol–water partition coefficient (Wildman–Crippen LogP) is 21.9. The molecule has 0 saturated carbocycles. The maximum absolute atomic E-state index is 15.2. The molecule has 2 rings (SSSR count). The first-order valence-corrected chi connectivity index (χ1v) is 54.2. The molecule has 2 aliphatic rings. The molecule has 0 spiro atoms. The van der Waals surface area contributed by atoms with Crippen molar-refractivity contribution in [1.82, 2.24) is 10.6 Å². The zero-order valence-electron chi connectivity index (χ0n) is 79.3. The Hall–Kier alpha value is -3.46. The molecule has 0 bridgehead atoms. The van der Waals surface area contributed by atoms with E-state index in [9.17, 15) is 63.4 Å². The number of amides is 2. The summed E-state index contributed by atoms with van der Waals surface area (Å²) in [5.41, 5.74) is 0. The lowest BCUT2D eigenvalue weighted by Crippen LogP contribution is -2.68. The zero-order valence-corrected chi connectivity index (χ0v) is 81.1. The summed E-state index contributed by atoms with van der Waals surface area (Å²) in [6, 6.07) is -3.67. The molecule has 0 aromatic rings. The van der Waals surface area contributed by atoms with Crippen LogP contribution in [0.4, 0.5) is 0 Å². The number of phosphoric ester groups is 1. The third-order valence-corrected chi connectivity index (χ3v) is 25.2. The Balaban J connectivity index is 2.84. The van der Waals surface area contributed by atoms with Crippen LogP contribution in [0, 0.1) is 0 Å². The van der Waals surface area contributed by atoms with Crippen LogP contribution in [0.5, 0.6) is 0 Å². The Labute approximate surface area is 756 Å². The number of nitrogens with one attached hydrogen (secondary N) is 2. The third kappa shape index (κ3) is 63.3. The molecule has 0 aromatic carbocycles. The van der Waals surface area contributed by atoms with E-state index in [1.54, 1.807) is 0 Å². The summed E-state index contributed by atoms with van der Waals surface area (Å²) in [6.07, 6.45) is 39.6. The van der Waals surface area contributed by atoms with Crippen molar-refractivity contribution in [3.05, 3.63) is 12.2 Å². The molecule has 11 unspecified atom stereocenters. The normalized spacial score (nSPS) is 20.7. The maximum atomic E-state index is 15.2. The minimum absolute atomic E-state index is 0.0861. The molecule has 26 nitrogen and oxygen atoms in total. The fourth-order valence-electron chi connectivity index (χ4n) is 16.7. The van der Waals surface area contributed by atoms with Gasteiger partial charge in [0.1, 0.15) is 48.7 Å². The van der Waals surface area contributed by atoms with E-state index in [1.807, 2.05) is 0 Å². The van der Waals surface area contributed by atoms with Gasteiger partial charge in [-0.25, -0.2) is 4.57 Å². The standard InChI is InChI=1S/C97H182N2O24P2/c1-8-14-20-26-32-38-39-40-41-47-53-59-64-70-86(105)116-80(68-62-56-50-44-35-29-23-17-11-4)74-85(104)99-91-95(121-89(108)75-81(69-63-57-51-45-36-30-24-18-12-5)117-87(106)71-65-58-52-46-37-31-25-19-13-6)93(122-125(112,113)114)82(76-100)118-96(91)115-77-83-92(109)94(120-88(107)73-79(102)67-61-55-49-43-34-28-22-16-10-3)90(97(119-83)123-124(7,110)111)98-84(103)72-78(101)66-60-54-48-42-33-27-21-15-9-2/h38-39,78-83,90-97,100-102,109H,8-37,40-77H2,1-7H3,(H,98,103)(H,99,104)(H,110,111)(H2,112,113,114)/b39-38-/t78-,79-,80-,81-,82?,83?,90?,91?,92?,93?,94?,95?,96?,97?/m1/s1. The third-order valence-electron chi connectivity index (χ3n) is 24.1. The molecule has 0 aliphatic carbocycles. The largest absolute Gasteiger partial charge is 0.470 e. The topological polar surface area (TPSA) is 385 Å². The van der Waals surface area contributed by atoms with E-state index >= 15 is 9.59 Å². The minimum atomic E-state index is -5.67. The van der Waals surface area contributed by atoms with Gasteiger partial charge in [0, 0.05) is 19.5 Å². The van der Waals surface area contributed by atoms with Gasteiger partial charge in [0.2, 0.25) is 11.8 Å². The lowest BCUT2D eigenvalue weighted by Gasteiger charge is -2.47. The van der Waals surface area contributed by atoms with Crippen LogP contribution in [-0.2, 0) is 80.1 Å². The average molecular weight is 1820 g/mol. The van der Waals surface area contributed by atoms with Gasteiger partial charge in [-0.15, -0.1) is 0 Å². The van der Waals surface area contributed by atoms with Crippen molar-refractivity contribution in [3.8, 4) is 0 Å². The van der Waals surface area contributed by atoms with Gasteiger partial charge in [0.15, 0.2) is 24.8 Å². The van der Waals surface area contributed by atoms with Gasteiger partial charge >= 0.3 is 39.3 Å². The molecule has 2 saturated heterocycles. The first-order chi connectivity index (χ1) is 60.3. The summed E-state index contributed by atoms with van der Waals surface area (Å²) in [5.74, 6) is -4.84. The van der Waals surface area contributed by atoms with Crippen molar-refractivity contribution in [2.75, 3.05) is 19.9 Å². The van der Waals surface area contributed by atoms with Crippen molar-refractivity contribution in [2.24, 2.45) is 0 Å². The second kappa shape index (κ2) is 77.0. The second-order valence-corrected chi connectivity index (χ2v) is 39.2. The number of aliphatic hydroxyl groups excluding tert-OH is 4. The molecule has 0 radical (unpaired) electrons. The first-order valence-electron chi connectivity index (χ1n) is 50.6. The van der Waals surface area contributed by atoms with Gasteiger partial charge in [-0.2, -0.15) is 0 Å². The van der Waals surface area contributed by atoms with Crippen LogP contribution < -0.4 is 10.6 Å². The van der Waals surface area contributed by atoms with Crippen LogP contribution in [0.25, 0.3) is 0 Å². The molecule has 0 aromatic heterocycles. The number of carbonyl (C=O) groups excluding carboxylic acids is 6. The highest BCUT2D eigenvalue weighted by Gasteiger charge is 2.55. The fraction of sp³-hybridized carbons (Fsp3) is 0.918. The molecular formula is C97H182N2O24P2. The van der Waals surface area contributed by atoms with Crippen molar-refractivity contribution < 1.29 is 115 Å². The van der Waals surface area contributed by atoms with Crippen molar-refractivity contribution in [1.29, 1.82) is 0 Å². The predicted molar refractivity (Wildman–Crippen MR) is 493 cm³/mol. The first kappa shape index (κ1) is 118. The van der Waals surface area contributed by atoms with Gasteiger partial charge < -0.3 is 78.9 Å². The molecule has 2 amide bonds. The molecule has 9 N–H and O–H groups in total. The Morgan fingerprint density at radius 3 is 1.08 bits per heavy atom. The number of unbranched alkanes of at least 4 members (excludes halogenated alkanes) is 49. The molecule has 734 valence electrons. The van der Waals surface area contributed by atoms with Crippen LogP contribution in [0.3, 0.4) is 0 Å². The molecular weight excluding hydrogens is 1640 g/mol. The van der Waals surface area contributed by atoms with E-state index < -0.39 is 176 Å². The second-order valence-electron chi connectivity index (χ2n) is 36.2. The molecule has 2 heterocycles. The molecule has 28 heteroatoms. The minimum Gasteiger partial charge on any atom is -0.462 e. The monoisotopic (exact) mass is 1820 g/mol. The van der Waals surface area contributed by atoms with Gasteiger partial charge in [-0.1, -0.05) is 362 Å².